The van der Waals surface area contributed by atoms with Crippen LogP contribution in [0.5, 0.6) is 11.5 Å². The maximum atomic E-state index is 13.5. The van der Waals surface area contributed by atoms with Crippen molar-refractivity contribution in [2.45, 2.75) is 0 Å². The van der Waals surface area contributed by atoms with Crippen molar-refractivity contribution >= 4 is 27.3 Å². The van der Waals surface area contributed by atoms with Crippen LogP contribution in [-0.4, -0.2) is 4.92 Å². The lowest BCUT2D eigenvalue weighted by atomic mass is 10.2. The summed E-state index contributed by atoms with van der Waals surface area (Å²) in [7, 11) is 0. The van der Waals surface area contributed by atoms with E-state index in [4.69, 9.17) is 10.5 Å². The number of hydrogen-bond donors (Lipinski definition) is 1. The van der Waals surface area contributed by atoms with E-state index in [-0.39, 0.29) is 22.9 Å². The molecule has 2 aromatic rings. The van der Waals surface area contributed by atoms with Crippen LogP contribution in [0.25, 0.3) is 0 Å². The van der Waals surface area contributed by atoms with E-state index in [1.165, 1.54) is 30.3 Å². The topological polar surface area (TPSA) is 78.4 Å². The van der Waals surface area contributed by atoms with Gasteiger partial charge < -0.3 is 10.5 Å². The Morgan fingerprint density at radius 3 is 2.58 bits per heavy atom. The van der Waals surface area contributed by atoms with Crippen LogP contribution < -0.4 is 10.5 Å². The Hall–Kier alpha value is -2.15. The second kappa shape index (κ2) is 5.23. The summed E-state index contributed by atoms with van der Waals surface area (Å²) in [4.78, 5) is 10.0. The lowest BCUT2D eigenvalue weighted by Gasteiger charge is -2.07. The first-order valence-corrected chi connectivity index (χ1v) is 5.93. The zero-order valence-corrected chi connectivity index (χ0v) is 11.1. The molecular weight excluding hydrogens is 319 g/mol. The first kappa shape index (κ1) is 13.3. The van der Waals surface area contributed by atoms with E-state index >= 15 is 0 Å². The summed E-state index contributed by atoms with van der Waals surface area (Å²) in [5.41, 5.74) is 5.25. The number of nitro benzene ring substituents is 1. The zero-order valence-electron chi connectivity index (χ0n) is 9.47. The Labute approximate surface area is 116 Å². The van der Waals surface area contributed by atoms with Crippen LogP contribution >= 0.6 is 15.9 Å². The lowest BCUT2D eigenvalue weighted by molar-refractivity contribution is -0.383. The molecule has 0 atom stereocenters. The van der Waals surface area contributed by atoms with Gasteiger partial charge in [-0.1, -0.05) is 15.9 Å². The van der Waals surface area contributed by atoms with Crippen LogP contribution in [0.3, 0.4) is 0 Å². The molecule has 2 N–H and O–H groups in total. The van der Waals surface area contributed by atoms with Gasteiger partial charge in [-0.05, 0) is 24.3 Å². The molecule has 0 amide bonds. The van der Waals surface area contributed by atoms with Gasteiger partial charge in [0, 0.05) is 16.6 Å². The number of ether oxygens (including phenoxy) is 1. The number of nitrogens with two attached hydrogens (primary N) is 1. The molecule has 0 aliphatic rings. The van der Waals surface area contributed by atoms with Gasteiger partial charge in [-0.2, -0.15) is 0 Å². The van der Waals surface area contributed by atoms with E-state index in [0.717, 1.165) is 0 Å². The highest BCUT2D eigenvalue weighted by molar-refractivity contribution is 9.10. The van der Waals surface area contributed by atoms with Gasteiger partial charge in [0.2, 0.25) is 0 Å². The van der Waals surface area contributed by atoms with Gasteiger partial charge in [-0.25, -0.2) is 4.39 Å². The van der Waals surface area contributed by atoms with Crippen LogP contribution in [0.1, 0.15) is 0 Å². The molecule has 0 fully saturated rings. The van der Waals surface area contributed by atoms with Crippen molar-refractivity contribution in [2.24, 2.45) is 0 Å². The molecule has 0 unspecified atom stereocenters. The molecular formula is C12H8BrFN2O3. The number of nitrogen functional groups attached to an aromatic ring is 1. The van der Waals surface area contributed by atoms with Gasteiger partial charge >= 0.3 is 0 Å². The van der Waals surface area contributed by atoms with Crippen LogP contribution in [0.15, 0.2) is 40.9 Å². The Morgan fingerprint density at radius 1 is 1.26 bits per heavy atom. The summed E-state index contributed by atoms with van der Waals surface area (Å²) in [6.07, 6.45) is 0. The molecule has 0 aromatic heterocycles. The molecule has 2 aromatic carbocycles. The second-order valence-electron chi connectivity index (χ2n) is 3.65. The maximum absolute atomic E-state index is 13.5. The minimum absolute atomic E-state index is 0.0106. The maximum Gasteiger partial charge on any atom is 0.292 e. The molecule has 19 heavy (non-hydrogen) atoms. The Balaban J connectivity index is 2.29. The first-order valence-electron chi connectivity index (χ1n) is 5.14. The summed E-state index contributed by atoms with van der Waals surface area (Å²) >= 11 is 3.13. The normalized spacial score (nSPS) is 10.2. The molecule has 0 spiro atoms. The highest BCUT2D eigenvalue weighted by atomic mass is 79.9. The standard InChI is InChI=1S/C12H8BrFN2O3/c13-7-1-4-12(9(14)5-7)19-8-2-3-11(16(17)18)10(15)6-8/h1-6H,15H2. The van der Waals surface area contributed by atoms with E-state index < -0.39 is 10.7 Å². The molecule has 2 rings (SSSR count). The van der Waals surface area contributed by atoms with Crippen molar-refractivity contribution in [3.8, 4) is 11.5 Å². The van der Waals surface area contributed by atoms with Crippen LogP contribution in [0.4, 0.5) is 15.8 Å². The summed E-state index contributed by atoms with van der Waals surface area (Å²) < 4.78 is 19.4. The number of hydrogen-bond acceptors (Lipinski definition) is 4. The van der Waals surface area contributed by atoms with Gasteiger partial charge in [-0.15, -0.1) is 0 Å². The van der Waals surface area contributed by atoms with Crippen molar-refractivity contribution in [3.63, 3.8) is 0 Å². The molecule has 0 bridgehead atoms. The number of rotatable bonds is 3. The summed E-state index contributed by atoms with van der Waals surface area (Å²) in [5.74, 6) is -0.313. The van der Waals surface area contributed by atoms with Crippen LogP contribution in [-0.2, 0) is 0 Å². The van der Waals surface area contributed by atoms with Crippen LogP contribution in [0, 0.1) is 15.9 Å². The second-order valence-corrected chi connectivity index (χ2v) is 4.57. The number of benzene rings is 2. The number of nitrogens with zero attached hydrogens (tertiary/aromatic N) is 1. The molecule has 0 radical (unpaired) electrons. The Morgan fingerprint density at radius 2 is 2.00 bits per heavy atom. The van der Waals surface area contributed by atoms with Crippen molar-refractivity contribution < 1.29 is 14.1 Å². The molecule has 0 saturated heterocycles. The monoisotopic (exact) mass is 326 g/mol. The smallest absolute Gasteiger partial charge is 0.292 e. The van der Waals surface area contributed by atoms with E-state index in [0.29, 0.717) is 4.47 Å². The quantitative estimate of drug-likeness (QED) is 0.527. The van der Waals surface area contributed by atoms with E-state index in [9.17, 15) is 14.5 Å². The number of halogens is 2. The summed E-state index contributed by atoms with van der Waals surface area (Å²) in [5, 5.41) is 10.6. The van der Waals surface area contributed by atoms with Crippen molar-refractivity contribution in [3.05, 3.63) is 56.8 Å². The average molecular weight is 327 g/mol. The molecule has 0 saturated carbocycles. The first-order chi connectivity index (χ1) is 8.97. The van der Waals surface area contributed by atoms with E-state index in [2.05, 4.69) is 15.9 Å². The molecule has 0 aliphatic heterocycles. The largest absolute Gasteiger partial charge is 0.454 e. The van der Waals surface area contributed by atoms with Crippen molar-refractivity contribution in [1.29, 1.82) is 0 Å². The Bertz CT molecular complexity index is 649. The van der Waals surface area contributed by atoms with Gasteiger partial charge in [0.05, 0.1) is 4.92 Å². The van der Waals surface area contributed by atoms with Gasteiger partial charge in [0.1, 0.15) is 11.4 Å². The van der Waals surface area contributed by atoms with Crippen molar-refractivity contribution in [2.75, 3.05) is 5.73 Å². The average Bonchev–Trinajstić information content (AvgIpc) is 2.32. The molecule has 0 heterocycles. The fourth-order valence-corrected chi connectivity index (χ4v) is 1.78. The fraction of sp³-hybridized carbons (Fsp3) is 0. The molecule has 98 valence electrons. The zero-order chi connectivity index (χ0) is 14.0. The predicted molar refractivity (Wildman–Crippen MR) is 71.7 cm³/mol. The molecule has 5 nitrogen and oxygen atoms in total. The SMILES string of the molecule is Nc1cc(Oc2ccc(Br)cc2F)ccc1[N+](=O)[O-]. The molecule has 7 heteroatoms. The third kappa shape index (κ3) is 3.00. The minimum atomic E-state index is -0.598. The third-order valence-electron chi connectivity index (χ3n) is 2.32. The molecule has 0 aliphatic carbocycles. The summed E-state index contributed by atoms with van der Waals surface area (Å²) in [6.45, 7) is 0. The third-order valence-corrected chi connectivity index (χ3v) is 2.81. The minimum Gasteiger partial charge on any atom is -0.454 e. The number of anilines is 1. The van der Waals surface area contributed by atoms with Gasteiger partial charge in [0.25, 0.3) is 5.69 Å². The highest BCUT2D eigenvalue weighted by Crippen LogP contribution is 2.31. The number of nitro groups is 1. The van der Waals surface area contributed by atoms with Crippen LogP contribution in [0.2, 0.25) is 0 Å². The van der Waals surface area contributed by atoms with E-state index in [1.54, 1.807) is 6.07 Å². The van der Waals surface area contributed by atoms with Crippen molar-refractivity contribution in [1.82, 2.24) is 0 Å². The van der Waals surface area contributed by atoms with E-state index in [1.807, 2.05) is 0 Å². The van der Waals surface area contributed by atoms with Gasteiger partial charge in [-0.3, -0.25) is 10.1 Å². The predicted octanol–water partition coefficient (Wildman–Crippen LogP) is 3.87. The summed E-state index contributed by atoms with van der Waals surface area (Å²) in [6, 6.07) is 8.16. The Kier molecular flexibility index (Phi) is 3.66. The lowest BCUT2D eigenvalue weighted by Crippen LogP contribution is -1.96. The fourth-order valence-electron chi connectivity index (χ4n) is 1.45. The van der Waals surface area contributed by atoms with Gasteiger partial charge in [0.15, 0.2) is 11.6 Å². The highest BCUT2D eigenvalue weighted by Gasteiger charge is 2.13.